The molecule has 2 aromatic carbocycles. The Bertz CT molecular complexity index is 990. The molecule has 5 heteroatoms. The zero-order valence-electron chi connectivity index (χ0n) is 17.7. The molecule has 0 fully saturated rings. The molecule has 0 spiro atoms. The number of ether oxygens (including phenoxy) is 2. The molecule has 1 aromatic heterocycles. The molecule has 0 aliphatic carbocycles. The summed E-state index contributed by atoms with van der Waals surface area (Å²) < 4.78 is 12.8. The summed E-state index contributed by atoms with van der Waals surface area (Å²) in [5.74, 6) is 1.50. The van der Waals surface area contributed by atoms with Crippen LogP contribution in [0.15, 0.2) is 54.6 Å². The number of aromatic nitrogens is 1. The van der Waals surface area contributed by atoms with E-state index in [1.807, 2.05) is 68.4 Å². The molecule has 0 bridgehead atoms. The van der Waals surface area contributed by atoms with E-state index in [9.17, 15) is 4.79 Å². The van der Waals surface area contributed by atoms with Gasteiger partial charge in [-0.25, -0.2) is 0 Å². The summed E-state index contributed by atoms with van der Waals surface area (Å²) in [6, 6.07) is 17.8. The molecule has 3 aromatic rings. The second-order valence-corrected chi connectivity index (χ2v) is 7.08. The monoisotopic (exact) mass is 392 g/mol. The Morgan fingerprint density at radius 2 is 1.72 bits per heavy atom. The molecule has 0 saturated carbocycles. The lowest BCUT2D eigenvalue weighted by molar-refractivity contribution is 0.0938. The van der Waals surface area contributed by atoms with Gasteiger partial charge in [0.05, 0.1) is 25.5 Å². The fourth-order valence-electron chi connectivity index (χ4n) is 3.30. The van der Waals surface area contributed by atoms with Crippen LogP contribution in [0, 0.1) is 6.92 Å². The van der Waals surface area contributed by atoms with Gasteiger partial charge in [0.1, 0.15) is 11.5 Å². The highest BCUT2D eigenvalue weighted by Gasteiger charge is 2.20. The van der Waals surface area contributed by atoms with E-state index in [1.165, 1.54) is 0 Å². The number of amides is 1. The van der Waals surface area contributed by atoms with E-state index in [0.29, 0.717) is 5.56 Å². The molecule has 1 amide bonds. The Hall–Kier alpha value is -3.21. The molecule has 1 heterocycles. The molecule has 0 saturated heterocycles. The second-order valence-electron chi connectivity index (χ2n) is 7.08. The summed E-state index contributed by atoms with van der Waals surface area (Å²) in [5.41, 5.74) is 4.42. The van der Waals surface area contributed by atoms with E-state index >= 15 is 0 Å². The zero-order valence-corrected chi connectivity index (χ0v) is 17.7. The predicted molar refractivity (Wildman–Crippen MR) is 116 cm³/mol. The number of nitrogens with zero attached hydrogens (tertiary/aromatic N) is 1. The first-order valence-electron chi connectivity index (χ1n) is 9.80. The van der Waals surface area contributed by atoms with Crippen molar-refractivity contribution >= 4 is 5.91 Å². The normalized spacial score (nSPS) is 11.8. The number of rotatable bonds is 7. The average molecular weight is 392 g/mol. The minimum atomic E-state index is -0.0618. The molecule has 0 aliphatic rings. The third-order valence-electron chi connectivity index (χ3n) is 5.18. The number of hydrogen-bond acceptors (Lipinski definition) is 3. The molecule has 0 aliphatic heterocycles. The summed E-state index contributed by atoms with van der Waals surface area (Å²) in [5, 5.41) is 3.07. The second kappa shape index (κ2) is 8.86. The first-order valence-corrected chi connectivity index (χ1v) is 9.80. The van der Waals surface area contributed by atoms with Crippen molar-refractivity contribution in [2.75, 3.05) is 14.2 Å². The standard InChI is InChI=1S/C24H28N2O3/c1-6-16(2)25-24(27)22-15-23(18-10-12-20(28-4)13-11-18)26(17(22)3)19-8-7-9-21(14-19)29-5/h7-16H,6H2,1-5H3,(H,25,27). The number of carbonyl (C=O) groups excluding carboxylic acids is 1. The van der Waals surface area contributed by atoms with E-state index in [4.69, 9.17) is 9.47 Å². The highest BCUT2D eigenvalue weighted by atomic mass is 16.5. The van der Waals surface area contributed by atoms with Crippen LogP contribution in [0.5, 0.6) is 11.5 Å². The van der Waals surface area contributed by atoms with Gasteiger partial charge in [-0.05, 0) is 68.3 Å². The Kier molecular flexibility index (Phi) is 6.27. The first-order chi connectivity index (χ1) is 14.0. The summed E-state index contributed by atoms with van der Waals surface area (Å²) >= 11 is 0. The largest absolute Gasteiger partial charge is 0.497 e. The maximum absolute atomic E-state index is 12.9. The van der Waals surface area contributed by atoms with Gasteiger partial charge in [-0.1, -0.05) is 13.0 Å². The lowest BCUT2D eigenvalue weighted by Gasteiger charge is -2.14. The quantitative estimate of drug-likeness (QED) is 0.616. The molecule has 152 valence electrons. The van der Waals surface area contributed by atoms with Gasteiger partial charge in [0, 0.05) is 23.5 Å². The number of hydrogen-bond donors (Lipinski definition) is 1. The lowest BCUT2D eigenvalue weighted by Crippen LogP contribution is -2.32. The van der Waals surface area contributed by atoms with Crippen molar-refractivity contribution in [2.45, 2.75) is 33.2 Å². The van der Waals surface area contributed by atoms with Crippen LogP contribution in [0.1, 0.15) is 36.3 Å². The van der Waals surface area contributed by atoms with E-state index in [-0.39, 0.29) is 11.9 Å². The van der Waals surface area contributed by atoms with Crippen LogP contribution >= 0.6 is 0 Å². The Morgan fingerprint density at radius 3 is 2.34 bits per heavy atom. The van der Waals surface area contributed by atoms with Gasteiger partial charge >= 0.3 is 0 Å². The minimum Gasteiger partial charge on any atom is -0.497 e. The fraction of sp³-hybridized carbons (Fsp3) is 0.292. The van der Waals surface area contributed by atoms with Crippen molar-refractivity contribution in [3.8, 4) is 28.4 Å². The molecular weight excluding hydrogens is 364 g/mol. The van der Waals surface area contributed by atoms with Crippen LogP contribution in [0.25, 0.3) is 16.9 Å². The summed E-state index contributed by atoms with van der Waals surface area (Å²) in [4.78, 5) is 12.9. The minimum absolute atomic E-state index is 0.0618. The van der Waals surface area contributed by atoms with Gasteiger partial charge < -0.3 is 19.4 Å². The van der Waals surface area contributed by atoms with Crippen molar-refractivity contribution < 1.29 is 14.3 Å². The Labute approximate surface area is 172 Å². The van der Waals surface area contributed by atoms with Crippen molar-refractivity contribution in [1.82, 2.24) is 9.88 Å². The van der Waals surface area contributed by atoms with Crippen LogP contribution in [-0.4, -0.2) is 30.7 Å². The number of carbonyl (C=O) groups is 1. The van der Waals surface area contributed by atoms with Gasteiger partial charge in [-0.3, -0.25) is 4.79 Å². The Morgan fingerprint density at radius 1 is 1.03 bits per heavy atom. The maximum Gasteiger partial charge on any atom is 0.253 e. The van der Waals surface area contributed by atoms with Gasteiger partial charge in [0.25, 0.3) is 5.91 Å². The SMILES string of the molecule is CCC(C)NC(=O)c1cc(-c2ccc(OC)cc2)n(-c2cccc(OC)c2)c1C. The molecule has 1 unspecified atom stereocenters. The van der Waals surface area contributed by atoms with E-state index < -0.39 is 0 Å². The van der Waals surface area contributed by atoms with Crippen molar-refractivity contribution in [3.63, 3.8) is 0 Å². The highest BCUT2D eigenvalue weighted by Crippen LogP contribution is 2.32. The van der Waals surface area contributed by atoms with Gasteiger partial charge in [-0.2, -0.15) is 0 Å². The van der Waals surface area contributed by atoms with Gasteiger partial charge in [-0.15, -0.1) is 0 Å². The predicted octanol–water partition coefficient (Wildman–Crippen LogP) is 5.00. The molecule has 29 heavy (non-hydrogen) atoms. The first kappa shape index (κ1) is 20.5. The molecule has 1 atom stereocenters. The summed E-state index contributed by atoms with van der Waals surface area (Å²) in [6.07, 6.45) is 0.882. The lowest BCUT2D eigenvalue weighted by atomic mass is 10.1. The van der Waals surface area contributed by atoms with Crippen LogP contribution in [0.4, 0.5) is 0 Å². The van der Waals surface area contributed by atoms with Gasteiger partial charge in [0.15, 0.2) is 0 Å². The van der Waals surface area contributed by atoms with E-state index in [1.54, 1.807) is 14.2 Å². The van der Waals surface area contributed by atoms with Crippen molar-refractivity contribution in [1.29, 1.82) is 0 Å². The van der Waals surface area contributed by atoms with Crippen LogP contribution in [0.2, 0.25) is 0 Å². The number of nitrogens with one attached hydrogen (secondary N) is 1. The van der Waals surface area contributed by atoms with Crippen LogP contribution in [0.3, 0.4) is 0 Å². The molecule has 5 nitrogen and oxygen atoms in total. The van der Waals surface area contributed by atoms with E-state index in [2.05, 4.69) is 16.8 Å². The third-order valence-corrected chi connectivity index (χ3v) is 5.18. The fourth-order valence-corrected chi connectivity index (χ4v) is 3.30. The highest BCUT2D eigenvalue weighted by molar-refractivity contribution is 5.97. The van der Waals surface area contributed by atoms with E-state index in [0.717, 1.165) is 40.6 Å². The third kappa shape index (κ3) is 4.29. The van der Waals surface area contributed by atoms with Gasteiger partial charge in [0.2, 0.25) is 0 Å². The zero-order chi connectivity index (χ0) is 21.0. The summed E-state index contributed by atoms with van der Waals surface area (Å²) in [7, 11) is 3.30. The molecule has 0 radical (unpaired) electrons. The molecule has 1 N–H and O–H groups in total. The maximum atomic E-state index is 12.9. The van der Waals surface area contributed by atoms with Crippen LogP contribution < -0.4 is 14.8 Å². The smallest absolute Gasteiger partial charge is 0.253 e. The Balaban J connectivity index is 2.16. The van der Waals surface area contributed by atoms with Crippen molar-refractivity contribution in [3.05, 3.63) is 65.9 Å². The topological polar surface area (TPSA) is 52.5 Å². The molecular formula is C24H28N2O3. The summed E-state index contributed by atoms with van der Waals surface area (Å²) in [6.45, 7) is 6.04. The number of benzene rings is 2. The molecule has 3 rings (SSSR count). The van der Waals surface area contributed by atoms with Crippen LogP contribution in [-0.2, 0) is 0 Å². The number of methoxy groups -OCH3 is 2. The average Bonchev–Trinajstić information content (AvgIpc) is 3.10. The van der Waals surface area contributed by atoms with Crippen molar-refractivity contribution in [2.24, 2.45) is 0 Å².